The van der Waals surface area contributed by atoms with Gasteiger partial charge in [-0.15, -0.1) is 0 Å². The molecule has 0 aliphatic heterocycles. The summed E-state index contributed by atoms with van der Waals surface area (Å²) in [5, 5.41) is 12.5. The molecule has 95 valence electrons. The van der Waals surface area contributed by atoms with Crippen molar-refractivity contribution in [2.45, 2.75) is 65.7 Å². The van der Waals surface area contributed by atoms with Gasteiger partial charge in [0, 0.05) is 11.1 Å². The molecule has 0 amide bonds. The number of aryl methyl sites for hydroxylation is 1. The van der Waals surface area contributed by atoms with Crippen molar-refractivity contribution < 1.29 is 5.11 Å². The van der Waals surface area contributed by atoms with E-state index in [1.807, 2.05) is 0 Å². The Labute approximate surface area is 106 Å². The average molecular weight is 233 g/mol. The Hall–Kier alpha value is -0.980. The van der Waals surface area contributed by atoms with Crippen molar-refractivity contribution >= 4 is 0 Å². The molecule has 0 atom stereocenters. The van der Waals surface area contributed by atoms with E-state index < -0.39 is 0 Å². The fourth-order valence-corrected chi connectivity index (χ4v) is 2.01. The standard InChI is InChI=1S/C16H25O/c1-8-11-9-12(15(2,3)4)14(17)13(10-11)16(5,6)7/h9-10H,8H2,1-7H3. The van der Waals surface area contributed by atoms with Gasteiger partial charge in [0.25, 0.3) is 0 Å². The molecular formula is C16H25O. The summed E-state index contributed by atoms with van der Waals surface area (Å²) in [6, 6.07) is 4.16. The Morgan fingerprint density at radius 1 is 0.882 bits per heavy atom. The second kappa shape index (κ2) is 4.36. The van der Waals surface area contributed by atoms with E-state index in [4.69, 9.17) is 0 Å². The van der Waals surface area contributed by atoms with Gasteiger partial charge in [-0.3, -0.25) is 5.11 Å². The molecular weight excluding hydrogens is 208 g/mol. The van der Waals surface area contributed by atoms with E-state index in [1.54, 1.807) is 0 Å². The lowest BCUT2D eigenvalue weighted by molar-refractivity contribution is 0.327. The summed E-state index contributed by atoms with van der Waals surface area (Å²) in [6.07, 6.45) is 0.979. The molecule has 0 saturated carbocycles. The average Bonchev–Trinajstić information content (AvgIpc) is 2.14. The van der Waals surface area contributed by atoms with Crippen LogP contribution in [-0.2, 0) is 22.4 Å². The largest absolute Gasteiger partial charge is 0.289 e. The Kier molecular flexibility index (Phi) is 3.61. The molecule has 0 N–H and O–H groups in total. The molecule has 0 fully saturated rings. The zero-order valence-corrected chi connectivity index (χ0v) is 12.3. The summed E-state index contributed by atoms with van der Waals surface area (Å²) < 4.78 is 0. The van der Waals surface area contributed by atoms with Crippen molar-refractivity contribution in [3.05, 3.63) is 28.8 Å². The van der Waals surface area contributed by atoms with Gasteiger partial charge in [-0.1, -0.05) is 60.6 Å². The molecule has 0 aromatic heterocycles. The summed E-state index contributed by atoms with van der Waals surface area (Å²) in [4.78, 5) is 0. The lowest BCUT2D eigenvalue weighted by Gasteiger charge is -2.26. The third-order valence-electron chi connectivity index (χ3n) is 3.17. The molecule has 1 radical (unpaired) electrons. The minimum Gasteiger partial charge on any atom is -0.289 e. The maximum Gasteiger partial charge on any atom is 0.186 e. The van der Waals surface area contributed by atoms with Gasteiger partial charge in [-0.2, -0.15) is 0 Å². The third kappa shape index (κ3) is 3.02. The first-order valence-corrected chi connectivity index (χ1v) is 6.42. The molecule has 0 spiro atoms. The topological polar surface area (TPSA) is 19.9 Å². The first-order valence-electron chi connectivity index (χ1n) is 6.42. The maximum absolute atomic E-state index is 12.5. The molecule has 0 saturated heterocycles. The number of hydrogen-bond donors (Lipinski definition) is 0. The molecule has 1 heteroatoms. The van der Waals surface area contributed by atoms with Crippen LogP contribution in [-0.4, -0.2) is 0 Å². The van der Waals surface area contributed by atoms with Gasteiger partial charge >= 0.3 is 0 Å². The molecule has 0 unspecified atom stereocenters. The van der Waals surface area contributed by atoms with Crippen LogP contribution in [0.15, 0.2) is 12.1 Å². The van der Waals surface area contributed by atoms with Crippen LogP contribution in [0.2, 0.25) is 0 Å². The van der Waals surface area contributed by atoms with E-state index in [9.17, 15) is 5.11 Å². The van der Waals surface area contributed by atoms with Crippen LogP contribution in [0.4, 0.5) is 0 Å². The smallest absolute Gasteiger partial charge is 0.186 e. The molecule has 1 nitrogen and oxygen atoms in total. The molecule has 0 aliphatic carbocycles. The highest BCUT2D eigenvalue weighted by molar-refractivity contribution is 5.49. The van der Waals surface area contributed by atoms with Crippen LogP contribution in [0, 0.1) is 0 Å². The lowest BCUT2D eigenvalue weighted by Crippen LogP contribution is -2.17. The SMILES string of the molecule is CCc1cc(C(C)(C)C)c([O])c(C(C)(C)C)c1. The van der Waals surface area contributed by atoms with Crippen molar-refractivity contribution in [1.82, 2.24) is 0 Å². The number of benzene rings is 1. The Morgan fingerprint density at radius 2 is 1.24 bits per heavy atom. The minimum absolute atomic E-state index is 0.0811. The maximum atomic E-state index is 12.5. The second-order valence-corrected chi connectivity index (χ2v) is 6.87. The molecule has 0 bridgehead atoms. The predicted octanol–water partition coefficient (Wildman–Crippen LogP) is 4.99. The molecule has 17 heavy (non-hydrogen) atoms. The highest BCUT2D eigenvalue weighted by Crippen LogP contribution is 2.40. The number of hydrogen-bond acceptors (Lipinski definition) is 0. The van der Waals surface area contributed by atoms with Gasteiger partial charge in [-0.05, 0) is 22.8 Å². The van der Waals surface area contributed by atoms with Gasteiger partial charge in [0.1, 0.15) is 0 Å². The Balaban J connectivity index is 3.53. The van der Waals surface area contributed by atoms with E-state index in [2.05, 4.69) is 60.6 Å². The summed E-state index contributed by atoms with van der Waals surface area (Å²) in [5.74, 6) is 0.224. The molecule has 1 aromatic carbocycles. The van der Waals surface area contributed by atoms with E-state index >= 15 is 0 Å². The third-order valence-corrected chi connectivity index (χ3v) is 3.17. The van der Waals surface area contributed by atoms with Crippen molar-refractivity contribution in [2.24, 2.45) is 0 Å². The van der Waals surface area contributed by atoms with E-state index in [0.29, 0.717) is 0 Å². The van der Waals surface area contributed by atoms with Crippen LogP contribution in [0.5, 0.6) is 5.75 Å². The van der Waals surface area contributed by atoms with E-state index in [-0.39, 0.29) is 16.6 Å². The quantitative estimate of drug-likeness (QED) is 0.651. The van der Waals surface area contributed by atoms with Gasteiger partial charge in [0.2, 0.25) is 0 Å². The fourth-order valence-electron chi connectivity index (χ4n) is 2.01. The predicted molar refractivity (Wildman–Crippen MR) is 73.4 cm³/mol. The molecule has 1 aromatic rings. The van der Waals surface area contributed by atoms with Crippen LogP contribution in [0.3, 0.4) is 0 Å². The van der Waals surface area contributed by atoms with Crippen LogP contribution >= 0.6 is 0 Å². The normalized spacial score (nSPS) is 12.9. The molecule has 0 heterocycles. The number of rotatable bonds is 1. The van der Waals surface area contributed by atoms with Crippen LogP contribution in [0.25, 0.3) is 0 Å². The fraction of sp³-hybridized carbons (Fsp3) is 0.625. The van der Waals surface area contributed by atoms with Gasteiger partial charge in [-0.25, -0.2) is 0 Å². The highest BCUT2D eigenvalue weighted by atomic mass is 16.3. The second-order valence-electron chi connectivity index (χ2n) is 6.87. The molecule has 0 aliphatic rings. The lowest BCUT2D eigenvalue weighted by atomic mass is 9.78. The van der Waals surface area contributed by atoms with Gasteiger partial charge < -0.3 is 0 Å². The van der Waals surface area contributed by atoms with E-state index in [0.717, 1.165) is 17.5 Å². The zero-order chi connectivity index (χ0) is 13.4. The summed E-state index contributed by atoms with van der Waals surface area (Å²) in [5.41, 5.74) is 2.99. The Morgan fingerprint density at radius 3 is 1.47 bits per heavy atom. The van der Waals surface area contributed by atoms with Gasteiger partial charge in [0.15, 0.2) is 5.75 Å². The van der Waals surface area contributed by atoms with Crippen molar-refractivity contribution in [3.8, 4) is 5.75 Å². The summed E-state index contributed by atoms with van der Waals surface area (Å²) in [7, 11) is 0. The van der Waals surface area contributed by atoms with Gasteiger partial charge in [0.05, 0.1) is 0 Å². The van der Waals surface area contributed by atoms with Crippen molar-refractivity contribution in [3.63, 3.8) is 0 Å². The molecule has 1 rings (SSSR count). The van der Waals surface area contributed by atoms with Crippen LogP contribution in [0.1, 0.15) is 65.2 Å². The van der Waals surface area contributed by atoms with E-state index in [1.165, 1.54) is 5.56 Å². The monoisotopic (exact) mass is 233 g/mol. The Bertz CT molecular complexity index is 368. The van der Waals surface area contributed by atoms with Crippen LogP contribution < -0.4 is 0 Å². The summed E-state index contributed by atoms with van der Waals surface area (Å²) >= 11 is 0. The minimum atomic E-state index is -0.0811. The highest BCUT2D eigenvalue weighted by Gasteiger charge is 2.27. The van der Waals surface area contributed by atoms with Crippen molar-refractivity contribution in [2.75, 3.05) is 0 Å². The zero-order valence-electron chi connectivity index (χ0n) is 12.3. The van der Waals surface area contributed by atoms with Crippen molar-refractivity contribution in [1.29, 1.82) is 0 Å². The summed E-state index contributed by atoms with van der Waals surface area (Å²) in [6.45, 7) is 14.8. The first kappa shape index (κ1) is 14.1. The first-order chi connectivity index (χ1) is 7.57.